The number of carbonyl (C=O) groups is 1. The van der Waals surface area contributed by atoms with Gasteiger partial charge in [-0.15, -0.1) is 0 Å². The number of carbonyl (C=O) groups excluding carboxylic acids is 1. The second kappa shape index (κ2) is 4.35. The SMILES string of the molecule is CNOC(=O)Oc1ccccc1. The largest absolute Gasteiger partial charge is 0.533 e. The van der Waals surface area contributed by atoms with E-state index in [1.54, 1.807) is 24.3 Å². The maximum absolute atomic E-state index is 10.7. The van der Waals surface area contributed by atoms with Gasteiger partial charge in [0.15, 0.2) is 0 Å². The normalized spacial score (nSPS) is 9.08. The van der Waals surface area contributed by atoms with E-state index in [4.69, 9.17) is 4.74 Å². The predicted molar refractivity (Wildman–Crippen MR) is 42.6 cm³/mol. The quantitative estimate of drug-likeness (QED) is 0.410. The Balaban J connectivity index is 2.47. The van der Waals surface area contributed by atoms with Crippen molar-refractivity contribution < 1.29 is 14.4 Å². The van der Waals surface area contributed by atoms with E-state index in [9.17, 15) is 4.79 Å². The molecule has 0 bridgehead atoms. The molecule has 1 N–H and O–H groups in total. The van der Waals surface area contributed by atoms with Gasteiger partial charge in [-0.1, -0.05) is 18.2 Å². The molecule has 0 atom stereocenters. The van der Waals surface area contributed by atoms with Crippen molar-refractivity contribution in [1.29, 1.82) is 0 Å². The van der Waals surface area contributed by atoms with Crippen molar-refractivity contribution in [3.05, 3.63) is 30.3 Å². The molecule has 0 unspecified atom stereocenters. The van der Waals surface area contributed by atoms with Gasteiger partial charge in [0.1, 0.15) is 5.75 Å². The Bertz CT molecular complexity index is 248. The van der Waals surface area contributed by atoms with Crippen LogP contribution >= 0.6 is 0 Å². The monoisotopic (exact) mass is 167 g/mol. The van der Waals surface area contributed by atoms with Gasteiger partial charge in [0.25, 0.3) is 0 Å². The summed E-state index contributed by atoms with van der Waals surface area (Å²) in [6, 6.07) is 8.69. The standard InChI is InChI=1S/C8H9NO3/c1-9-12-8(10)11-7-5-3-2-4-6-7/h2-6,9H,1H3. The highest BCUT2D eigenvalue weighted by atomic mass is 16.8. The lowest BCUT2D eigenvalue weighted by molar-refractivity contribution is 0.0610. The van der Waals surface area contributed by atoms with Crippen molar-refractivity contribution >= 4 is 6.16 Å². The molecule has 0 radical (unpaired) electrons. The Morgan fingerprint density at radius 2 is 2.00 bits per heavy atom. The Kier molecular flexibility index (Phi) is 3.10. The van der Waals surface area contributed by atoms with Crippen molar-refractivity contribution in [3.8, 4) is 5.75 Å². The molecule has 0 aliphatic carbocycles. The van der Waals surface area contributed by atoms with Gasteiger partial charge >= 0.3 is 6.16 Å². The third-order valence-corrected chi connectivity index (χ3v) is 1.13. The molecule has 1 aromatic rings. The molecular weight excluding hydrogens is 158 g/mol. The van der Waals surface area contributed by atoms with Gasteiger partial charge in [-0.05, 0) is 12.1 Å². The summed E-state index contributed by atoms with van der Waals surface area (Å²) in [4.78, 5) is 15.0. The van der Waals surface area contributed by atoms with Gasteiger partial charge in [-0.3, -0.25) is 0 Å². The summed E-state index contributed by atoms with van der Waals surface area (Å²) in [7, 11) is 1.48. The van der Waals surface area contributed by atoms with Gasteiger partial charge < -0.3 is 9.57 Å². The Hall–Kier alpha value is -1.55. The molecule has 0 aromatic heterocycles. The minimum Gasteiger partial charge on any atom is -0.394 e. The lowest BCUT2D eigenvalue weighted by Gasteiger charge is -2.01. The van der Waals surface area contributed by atoms with Crippen molar-refractivity contribution in [2.75, 3.05) is 7.05 Å². The van der Waals surface area contributed by atoms with Crippen LogP contribution in [-0.4, -0.2) is 13.2 Å². The number of para-hydroxylation sites is 1. The highest BCUT2D eigenvalue weighted by Crippen LogP contribution is 2.08. The van der Waals surface area contributed by atoms with E-state index in [0.717, 1.165) is 0 Å². The third-order valence-electron chi connectivity index (χ3n) is 1.13. The molecule has 0 saturated heterocycles. The molecule has 12 heavy (non-hydrogen) atoms. The van der Waals surface area contributed by atoms with Crippen molar-refractivity contribution in [3.63, 3.8) is 0 Å². The zero-order chi connectivity index (χ0) is 8.81. The number of hydrogen-bond donors (Lipinski definition) is 1. The zero-order valence-corrected chi connectivity index (χ0v) is 6.61. The number of ether oxygens (including phenoxy) is 1. The van der Waals surface area contributed by atoms with Crippen LogP contribution in [0.4, 0.5) is 4.79 Å². The van der Waals surface area contributed by atoms with Crippen LogP contribution in [0, 0.1) is 0 Å². The van der Waals surface area contributed by atoms with Crippen LogP contribution in [-0.2, 0) is 4.84 Å². The molecule has 0 amide bonds. The highest BCUT2D eigenvalue weighted by molar-refractivity contribution is 5.63. The fourth-order valence-corrected chi connectivity index (χ4v) is 0.689. The lowest BCUT2D eigenvalue weighted by Crippen LogP contribution is -2.18. The fraction of sp³-hybridized carbons (Fsp3) is 0.125. The molecule has 64 valence electrons. The predicted octanol–water partition coefficient (Wildman–Crippen LogP) is 1.34. The van der Waals surface area contributed by atoms with Crippen LogP contribution in [0.3, 0.4) is 0 Å². The zero-order valence-electron chi connectivity index (χ0n) is 6.61. The van der Waals surface area contributed by atoms with Gasteiger partial charge in [-0.25, -0.2) is 4.79 Å². The van der Waals surface area contributed by atoms with Gasteiger partial charge in [0.2, 0.25) is 0 Å². The highest BCUT2D eigenvalue weighted by Gasteiger charge is 2.02. The van der Waals surface area contributed by atoms with Crippen LogP contribution in [0.2, 0.25) is 0 Å². The summed E-state index contributed by atoms with van der Waals surface area (Å²) in [5, 5.41) is 0. The van der Waals surface area contributed by atoms with E-state index < -0.39 is 6.16 Å². The second-order valence-electron chi connectivity index (χ2n) is 1.97. The Morgan fingerprint density at radius 3 is 2.58 bits per heavy atom. The van der Waals surface area contributed by atoms with E-state index in [1.807, 2.05) is 6.07 Å². The van der Waals surface area contributed by atoms with E-state index in [1.165, 1.54) is 7.05 Å². The van der Waals surface area contributed by atoms with Crippen LogP contribution in [0.5, 0.6) is 5.75 Å². The number of hydroxylamine groups is 1. The van der Waals surface area contributed by atoms with Crippen molar-refractivity contribution in [2.45, 2.75) is 0 Å². The van der Waals surface area contributed by atoms with Gasteiger partial charge in [-0.2, -0.15) is 5.48 Å². The first kappa shape index (κ1) is 8.55. The first-order valence-electron chi connectivity index (χ1n) is 3.43. The molecular formula is C8H9NO3. The summed E-state index contributed by atoms with van der Waals surface area (Å²) in [5.74, 6) is 0.456. The van der Waals surface area contributed by atoms with Gasteiger partial charge in [0.05, 0.1) is 0 Å². The summed E-state index contributed by atoms with van der Waals surface area (Å²) in [6.45, 7) is 0. The number of nitrogens with one attached hydrogen (secondary N) is 1. The number of hydrogen-bond acceptors (Lipinski definition) is 4. The van der Waals surface area contributed by atoms with E-state index in [2.05, 4.69) is 10.3 Å². The van der Waals surface area contributed by atoms with E-state index in [-0.39, 0.29) is 0 Å². The smallest absolute Gasteiger partial charge is 0.394 e. The first-order valence-corrected chi connectivity index (χ1v) is 3.43. The van der Waals surface area contributed by atoms with Crippen molar-refractivity contribution in [1.82, 2.24) is 5.48 Å². The molecule has 0 aliphatic rings. The molecule has 0 saturated carbocycles. The molecule has 1 aromatic carbocycles. The van der Waals surface area contributed by atoms with Gasteiger partial charge in [0, 0.05) is 7.05 Å². The Labute approximate surface area is 70.1 Å². The molecule has 4 heteroatoms. The average molecular weight is 167 g/mol. The third kappa shape index (κ3) is 2.59. The van der Waals surface area contributed by atoms with Crippen molar-refractivity contribution in [2.24, 2.45) is 0 Å². The van der Waals surface area contributed by atoms with Crippen LogP contribution in [0.25, 0.3) is 0 Å². The number of rotatable bonds is 2. The molecule has 0 heterocycles. The lowest BCUT2D eigenvalue weighted by atomic mass is 10.3. The van der Waals surface area contributed by atoms with Crippen LogP contribution in [0.1, 0.15) is 0 Å². The minimum absolute atomic E-state index is 0.456. The second-order valence-corrected chi connectivity index (χ2v) is 1.97. The molecule has 1 rings (SSSR count). The maximum atomic E-state index is 10.7. The topological polar surface area (TPSA) is 47.6 Å². The summed E-state index contributed by atoms with van der Waals surface area (Å²) >= 11 is 0. The summed E-state index contributed by atoms with van der Waals surface area (Å²) in [5.41, 5.74) is 2.21. The van der Waals surface area contributed by atoms with E-state index in [0.29, 0.717) is 5.75 Å². The van der Waals surface area contributed by atoms with Crippen LogP contribution < -0.4 is 10.2 Å². The van der Waals surface area contributed by atoms with E-state index >= 15 is 0 Å². The molecule has 0 spiro atoms. The van der Waals surface area contributed by atoms with Crippen LogP contribution in [0.15, 0.2) is 30.3 Å². The molecule has 0 aliphatic heterocycles. The first-order chi connectivity index (χ1) is 5.83. The molecule has 0 fully saturated rings. The molecule has 4 nitrogen and oxygen atoms in total. The summed E-state index contributed by atoms with van der Waals surface area (Å²) < 4.78 is 4.73. The summed E-state index contributed by atoms with van der Waals surface area (Å²) in [6.07, 6.45) is -0.774. The maximum Gasteiger partial charge on any atom is 0.533 e. The number of benzene rings is 1. The average Bonchev–Trinajstić information content (AvgIpc) is 2.06. The Morgan fingerprint density at radius 1 is 1.33 bits per heavy atom. The fourth-order valence-electron chi connectivity index (χ4n) is 0.689. The minimum atomic E-state index is -0.774.